The van der Waals surface area contributed by atoms with Gasteiger partial charge in [0.2, 0.25) is 0 Å². The summed E-state index contributed by atoms with van der Waals surface area (Å²) in [7, 11) is 0. The summed E-state index contributed by atoms with van der Waals surface area (Å²) in [6, 6.07) is 5.63. The van der Waals surface area contributed by atoms with E-state index < -0.39 is 17.3 Å². The Morgan fingerprint density at radius 1 is 1.18 bits per heavy atom. The second kappa shape index (κ2) is 8.99. The first kappa shape index (κ1) is 21.6. The van der Waals surface area contributed by atoms with Crippen LogP contribution in [0.2, 0.25) is 0 Å². The van der Waals surface area contributed by atoms with E-state index in [2.05, 4.69) is 20.8 Å². The van der Waals surface area contributed by atoms with Gasteiger partial charge in [0.25, 0.3) is 0 Å². The average molecular weight is 398 g/mol. The van der Waals surface area contributed by atoms with Crippen LogP contribution in [0.3, 0.4) is 0 Å². The van der Waals surface area contributed by atoms with E-state index in [-0.39, 0.29) is 17.9 Å². The molecule has 0 unspecified atom stereocenters. The third-order valence-electron chi connectivity index (χ3n) is 3.49. The van der Waals surface area contributed by atoms with Crippen LogP contribution in [0.4, 0.5) is 13.2 Å². The van der Waals surface area contributed by atoms with Crippen LogP contribution in [-0.4, -0.2) is 23.3 Å². The van der Waals surface area contributed by atoms with Crippen LogP contribution in [0.5, 0.6) is 5.75 Å². The van der Waals surface area contributed by atoms with Crippen molar-refractivity contribution >= 4 is 5.96 Å². The lowest BCUT2D eigenvalue weighted by Gasteiger charge is -2.22. The van der Waals surface area contributed by atoms with Crippen molar-refractivity contribution in [3.63, 3.8) is 0 Å². The number of aromatic nitrogens is 1. The van der Waals surface area contributed by atoms with E-state index in [9.17, 15) is 13.2 Å². The third kappa shape index (κ3) is 6.79. The molecule has 0 radical (unpaired) electrons. The third-order valence-corrected chi connectivity index (χ3v) is 3.49. The maximum Gasteiger partial charge on any atom is 0.416 e. The number of benzene rings is 1. The Morgan fingerprint density at radius 2 is 1.93 bits per heavy atom. The zero-order valence-electron chi connectivity index (χ0n) is 16.4. The Morgan fingerprint density at radius 3 is 2.50 bits per heavy atom. The molecule has 0 atom stereocenters. The van der Waals surface area contributed by atoms with Crippen molar-refractivity contribution in [3.05, 3.63) is 47.3 Å². The summed E-state index contributed by atoms with van der Waals surface area (Å²) in [6.07, 6.45) is -3.06. The fraction of sp³-hybridized carbons (Fsp3) is 0.474. The first-order valence-electron chi connectivity index (χ1n) is 8.89. The molecule has 1 heterocycles. The van der Waals surface area contributed by atoms with Crippen LogP contribution >= 0.6 is 0 Å². The Kier molecular flexibility index (Phi) is 6.93. The van der Waals surface area contributed by atoms with Gasteiger partial charge in [-0.05, 0) is 45.4 Å². The van der Waals surface area contributed by atoms with Gasteiger partial charge in [-0.3, -0.25) is 0 Å². The predicted molar refractivity (Wildman–Crippen MR) is 100.0 cm³/mol. The molecule has 0 bridgehead atoms. The first-order valence-corrected chi connectivity index (χ1v) is 8.89. The maximum atomic E-state index is 13.5. The lowest BCUT2D eigenvalue weighted by Crippen LogP contribution is -2.36. The molecule has 0 aliphatic carbocycles. The van der Waals surface area contributed by atoms with E-state index in [1.54, 1.807) is 26.8 Å². The average Bonchev–Trinajstić information content (AvgIpc) is 3.09. The van der Waals surface area contributed by atoms with Gasteiger partial charge in [0.1, 0.15) is 23.3 Å². The SMILES string of the molecule is CCNC(=NCc1ccc(OC(C)(C)C)cc1C(F)(F)F)NCc1ccon1. The summed E-state index contributed by atoms with van der Waals surface area (Å²) in [4.78, 5) is 4.26. The molecule has 0 fully saturated rings. The molecule has 2 N–H and O–H groups in total. The highest BCUT2D eigenvalue weighted by Gasteiger charge is 2.34. The Hall–Kier alpha value is -2.71. The summed E-state index contributed by atoms with van der Waals surface area (Å²) >= 11 is 0. The van der Waals surface area contributed by atoms with Crippen molar-refractivity contribution < 1.29 is 22.4 Å². The quantitative estimate of drug-likeness (QED) is 0.566. The number of guanidine groups is 1. The zero-order chi connectivity index (χ0) is 20.8. The number of halogens is 3. The van der Waals surface area contributed by atoms with Gasteiger partial charge in [-0.15, -0.1) is 0 Å². The molecule has 2 rings (SSSR count). The lowest BCUT2D eigenvalue weighted by molar-refractivity contribution is -0.138. The topological polar surface area (TPSA) is 71.7 Å². The van der Waals surface area contributed by atoms with E-state index in [0.717, 1.165) is 6.07 Å². The molecule has 0 aliphatic rings. The summed E-state index contributed by atoms with van der Waals surface area (Å²) in [5.41, 5.74) is -0.630. The number of hydrogen-bond acceptors (Lipinski definition) is 4. The van der Waals surface area contributed by atoms with Crippen molar-refractivity contribution in [1.29, 1.82) is 0 Å². The Bertz CT molecular complexity index is 781. The fourth-order valence-electron chi connectivity index (χ4n) is 2.38. The van der Waals surface area contributed by atoms with E-state index in [1.807, 2.05) is 6.92 Å². The standard InChI is InChI=1S/C19H25F3N4O2/c1-5-23-17(25-12-14-8-9-27-26-14)24-11-13-6-7-15(28-18(2,3)4)10-16(13)19(20,21)22/h6-10H,5,11-12H2,1-4H3,(H2,23,24,25). The number of nitrogens with zero attached hydrogens (tertiary/aromatic N) is 2. The molecular formula is C19H25F3N4O2. The van der Waals surface area contributed by atoms with E-state index in [1.165, 1.54) is 18.4 Å². The predicted octanol–water partition coefficient (Wildman–Crippen LogP) is 4.13. The molecule has 1 aromatic heterocycles. The van der Waals surface area contributed by atoms with Gasteiger partial charge in [0, 0.05) is 12.6 Å². The summed E-state index contributed by atoms with van der Waals surface area (Å²) in [6.45, 7) is 7.97. The lowest BCUT2D eigenvalue weighted by atomic mass is 10.1. The normalized spacial score (nSPS) is 12.8. The monoisotopic (exact) mass is 398 g/mol. The van der Waals surface area contributed by atoms with Gasteiger partial charge in [0.05, 0.1) is 18.7 Å². The molecule has 0 aliphatic heterocycles. The molecule has 0 saturated heterocycles. The molecule has 154 valence electrons. The van der Waals surface area contributed by atoms with Gasteiger partial charge in [-0.25, -0.2) is 4.99 Å². The fourth-order valence-corrected chi connectivity index (χ4v) is 2.38. The second-order valence-corrected chi connectivity index (χ2v) is 7.07. The minimum atomic E-state index is -4.51. The highest BCUT2D eigenvalue weighted by molar-refractivity contribution is 5.79. The van der Waals surface area contributed by atoms with Crippen LogP contribution in [0.15, 0.2) is 40.0 Å². The van der Waals surface area contributed by atoms with Crippen LogP contribution in [0.1, 0.15) is 44.5 Å². The summed E-state index contributed by atoms with van der Waals surface area (Å²) < 4.78 is 50.8. The minimum Gasteiger partial charge on any atom is -0.488 e. The molecule has 28 heavy (non-hydrogen) atoms. The zero-order valence-corrected chi connectivity index (χ0v) is 16.4. The van der Waals surface area contributed by atoms with Crippen LogP contribution < -0.4 is 15.4 Å². The molecule has 9 heteroatoms. The molecule has 6 nitrogen and oxygen atoms in total. The van der Waals surface area contributed by atoms with Gasteiger partial charge in [0.15, 0.2) is 5.96 Å². The van der Waals surface area contributed by atoms with Gasteiger partial charge in [-0.2, -0.15) is 13.2 Å². The van der Waals surface area contributed by atoms with E-state index in [4.69, 9.17) is 9.26 Å². The van der Waals surface area contributed by atoms with Crippen molar-refractivity contribution in [2.75, 3.05) is 6.54 Å². The van der Waals surface area contributed by atoms with Gasteiger partial charge >= 0.3 is 6.18 Å². The minimum absolute atomic E-state index is 0.0624. The number of hydrogen-bond donors (Lipinski definition) is 2. The Balaban J connectivity index is 2.20. The number of nitrogens with one attached hydrogen (secondary N) is 2. The molecule has 1 aromatic carbocycles. The molecule has 0 spiro atoms. The van der Waals surface area contributed by atoms with Crippen molar-refractivity contribution in [2.24, 2.45) is 4.99 Å². The van der Waals surface area contributed by atoms with Crippen LogP contribution in [-0.2, 0) is 19.3 Å². The van der Waals surface area contributed by atoms with Crippen LogP contribution in [0.25, 0.3) is 0 Å². The molecular weight excluding hydrogens is 373 g/mol. The van der Waals surface area contributed by atoms with Gasteiger partial charge in [-0.1, -0.05) is 11.2 Å². The van der Waals surface area contributed by atoms with E-state index in [0.29, 0.717) is 24.7 Å². The second-order valence-electron chi connectivity index (χ2n) is 7.07. The summed E-state index contributed by atoms with van der Waals surface area (Å²) in [5.74, 6) is 0.553. The highest BCUT2D eigenvalue weighted by Crippen LogP contribution is 2.35. The molecule has 0 saturated carbocycles. The van der Waals surface area contributed by atoms with Gasteiger partial charge < -0.3 is 19.9 Å². The maximum absolute atomic E-state index is 13.5. The highest BCUT2D eigenvalue weighted by atomic mass is 19.4. The smallest absolute Gasteiger partial charge is 0.416 e. The Labute approximate surface area is 162 Å². The van der Waals surface area contributed by atoms with Crippen molar-refractivity contribution in [3.8, 4) is 5.75 Å². The number of aliphatic imine (C=N–C) groups is 1. The van der Waals surface area contributed by atoms with E-state index >= 15 is 0 Å². The largest absolute Gasteiger partial charge is 0.488 e. The first-order chi connectivity index (χ1) is 13.1. The van der Waals surface area contributed by atoms with Crippen molar-refractivity contribution in [1.82, 2.24) is 15.8 Å². The number of rotatable bonds is 6. The molecule has 2 aromatic rings. The van der Waals surface area contributed by atoms with Crippen molar-refractivity contribution in [2.45, 2.75) is 52.6 Å². The number of ether oxygens (including phenoxy) is 1. The molecule has 0 amide bonds. The summed E-state index contributed by atoms with van der Waals surface area (Å²) in [5, 5.41) is 9.76. The number of alkyl halides is 3. The van der Waals surface area contributed by atoms with Crippen LogP contribution in [0, 0.1) is 0 Å².